The first-order valence-corrected chi connectivity index (χ1v) is 7.72. The molecule has 1 atom stereocenters. The van der Waals surface area contributed by atoms with Crippen molar-refractivity contribution in [3.05, 3.63) is 0 Å². The third kappa shape index (κ3) is 12.0. The van der Waals surface area contributed by atoms with Gasteiger partial charge in [-0.15, -0.1) is 0 Å². The maximum Gasteiger partial charge on any atom is 0.324 e. The second kappa shape index (κ2) is 12.9. The fourth-order valence-corrected chi connectivity index (χ4v) is 1.91. The summed E-state index contributed by atoms with van der Waals surface area (Å²) in [5, 5.41) is 8.53. The second-order valence-corrected chi connectivity index (χ2v) is 5.21. The van der Waals surface area contributed by atoms with Crippen molar-refractivity contribution in [1.82, 2.24) is 0 Å². The van der Waals surface area contributed by atoms with Gasteiger partial charge >= 0.3 is 11.9 Å². The van der Waals surface area contributed by atoms with Gasteiger partial charge in [0, 0.05) is 6.42 Å². The van der Waals surface area contributed by atoms with E-state index in [4.69, 9.17) is 15.6 Å². The van der Waals surface area contributed by atoms with E-state index in [0.29, 0.717) is 6.42 Å². The monoisotopic (exact) mass is 287 g/mol. The van der Waals surface area contributed by atoms with E-state index in [1.807, 2.05) is 0 Å². The van der Waals surface area contributed by atoms with Gasteiger partial charge in [0.15, 0.2) is 0 Å². The van der Waals surface area contributed by atoms with Crippen molar-refractivity contribution < 1.29 is 19.4 Å². The van der Waals surface area contributed by atoms with E-state index < -0.39 is 12.0 Å². The van der Waals surface area contributed by atoms with E-state index in [-0.39, 0.29) is 12.6 Å². The van der Waals surface area contributed by atoms with Crippen LogP contribution in [-0.4, -0.2) is 29.7 Å². The minimum atomic E-state index is -1.15. The fraction of sp³-hybridized carbons (Fsp3) is 0.867. The summed E-state index contributed by atoms with van der Waals surface area (Å²) in [4.78, 5) is 21.7. The Kier molecular flexibility index (Phi) is 12.2. The van der Waals surface area contributed by atoms with Crippen molar-refractivity contribution in [2.75, 3.05) is 6.61 Å². The Bertz CT molecular complexity index is 269. The lowest BCUT2D eigenvalue weighted by Gasteiger charge is -2.07. The highest BCUT2D eigenvalue weighted by atomic mass is 16.5. The number of unbranched alkanes of at least 4 members (excludes halogenated alkanes) is 8. The molecule has 0 radical (unpaired) electrons. The number of hydrogen-bond donors (Lipinski definition) is 2. The molecule has 0 heterocycles. The lowest BCUT2D eigenvalue weighted by Crippen LogP contribution is -2.35. The van der Waals surface area contributed by atoms with Gasteiger partial charge in [-0.2, -0.15) is 0 Å². The molecule has 0 saturated carbocycles. The van der Waals surface area contributed by atoms with Crippen LogP contribution in [0.5, 0.6) is 0 Å². The standard InChI is InChI=1S/C15H29NO4/c1-2-3-4-5-6-7-8-9-10-11-14(17)20-12-13(16)15(18)19/h13H,2-12,16H2,1H3,(H,18,19)/t13-/m0/s1. The topological polar surface area (TPSA) is 89.6 Å². The van der Waals surface area contributed by atoms with Crippen molar-refractivity contribution in [3.8, 4) is 0 Å². The Balaban J connectivity index is 3.29. The normalized spacial score (nSPS) is 12.1. The molecule has 0 unspecified atom stereocenters. The van der Waals surface area contributed by atoms with Crippen LogP contribution in [0.4, 0.5) is 0 Å². The zero-order valence-electron chi connectivity index (χ0n) is 12.6. The predicted molar refractivity (Wildman–Crippen MR) is 78.4 cm³/mol. The largest absolute Gasteiger partial charge is 0.480 e. The van der Waals surface area contributed by atoms with Crippen LogP contribution in [0, 0.1) is 0 Å². The van der Waals surface area contributed by atoms with E-state index in [1.54, 1.807) is 0 Å². The number of carboxylic acids is 1. The molecule has 0 aliphatic carbocycles. The molecule has 0 rings (SSSR count). The average Bonchev–Trinajstić information content (AvgIpc) is 2.42. The summed E-state index contributed by atoms with van der Waals surface area (Å²) in [7, 11) is 0. The minimum Gasteiger partial charge on any atom is -0.480 e. The van der Waals surface area contributed by atoms with Gasteiger partial charge < -0.3 is 15.6 Å². The number of carbonyl (C=O) groups excluding carboxylic acids is 1. The summed E-state index contributed by atoms with van der Waals surface area (Å²) in [6.07, 6.45) is 11.0. The van der Waals surface area contributed by atoms with E-state index in [2.05, 4.69) is 6.92 Å². The van der Waals surface area contributed by atoms with E-state index in [0.717, 1.165) is 19.3 Å². The number of esters is 1. The van der Waals surface area contributed by atoms with E-state index >= 15 is 0 Å². The third-order valence-electron chi connectivity index (χ3n) is 3.23. The summed E-state index contributed by atoms with van der Waals surface area (Å²) < 4.78 is 4.79. The van der Waals surface area contributed by atoms with E-state index in [1.165, 1.54) is 38.5 Å². The molecule has 0 fully saturated rings. The molecule has 3 N–H and O–H groups in total. The highest BCUT2D eigenvalue weighted by Gasteiger charge is 2.13. The summed E-state index contributed by atoms with van der Waals surface area (Å²) in [6.45, 7) is 1.97. The molecule has 0 aromatic rings. The number of carbonyl (C=O) groups is 2. The Hall–Kier alpha value is -1.10. The van der Waals surface area contributed by atoms with Crippen LogP contribution in [0.2, 0.25) is 0 Å². The van der Waals surface area contributed by atoms with Crippen molar-refractivity contribution in [1.29, 1.82) is 0 Å². The van der Waals surface area contributed by atoms with Crippen LogP contribution < -0.4 is 5.73 Å². The summed E-state index contributed by atoms with van der Waals surface area (Å²) in [5.74, 6) is -1.51. The van der Waals surface area contributed by atoms with Crippen LogP contribution >= 0.6 is 0 Å². The first-order valence-electron chi connectivity index (χ1n) is 7.72. The fourth-order valence-electron chi connectivity index (χ4n) is 1.91. The summed E-state index contributed by atoms with van der Waals surface area (Å²) in [6, 6.07) is -1.12. The number of nitrogens with two attached hydrogens (primary N) is 1. The SMILES string of the molecule is CCCCCCCCCCCC(=O)OC[C@H](N)C(=O)O. The number of rotatable bonds is 13. The number of aliphatic carboxylic acids is 1. The highest BCUT2D eigenvalue weighted by Crippen LogP contribution is 2.10. The predicted octanol–water partition coefficient (Wildman–Crippen LogP) is 2.86. The molecule has 0 saturated heterocycles. The lowest BCUT2D eigenvalue weighted by molar-refractivity contribution is -0.147. The Morgan fingerprint density at radius 1 is 1.00 bits per heavy atom. The zero-order chi connectivity index (χ0) is 15.2. The molecule has 0 spiro atoms. The van der Waals surface area contributed by atoms with Gasteiger partial charge in [0.1, 0.15) is 12.6 Å². The zero-order valence-corrected chi connectivity index (χ0v) is 12.6. The van der Waals surface area contributed by atoms with Crippen molar-refractivity contribution in [2.24, 2.45) is 5.73 Å². The summed E-state index contributed by atoms with van der Waals surface area (Å²) in [5.41, 5.74) is 5.23. The van der Waals surface area contributed by atoms with Crippen LogP contribution in [0.25, 0.3) is 0 Å². The smallest absolute Gasteiger partial charge is 0.324 e. The molecule has 0 amide bonds. The second-order valence-electron chi connectivity index (χ2n) is 5.21. The number of carboxylic acid groups (broad SMARTS) is 1. The average molecular weight is 287 g/mol. The minimum absolute atomic E-state index is 0.244. The maximum atomic E-state index is 11.3. The number of ether oxygens (including phenoxy) is 1. The Morgan fingerprint density at radius 2 is 1.50 bits per heavy atom. The van der Waals surface area contributed by atoms with Gasteiger partial charge in [-0.25, -0.2) is 0 Å². The molecule has 0 aromatic carbocycles. The van der Waals surface area contributed by atoms with Crippen LogP contribution in [-0.2, 0) is 14.3 Å². The molecule has 118 valence electrons. The van der Waals surface area contributed by atoms with Gasteiger partial charge in [-0.1, -0.05) is 58.3 Å². The van der Waals surface area contributed by atoms with E-state index in [9.17, 15) is 9.59 Å². The first kappa shape index (κ1) is 18.9. The molecule has 5 nitrogen and oxygen atoms in total. The Labute approximate surface area is 121 Å². The number of hydrogen-bond acceptors (Lipinski definition) is 4. The third-order valence-corrected chi connectivity index (χ3v) is 3.23. The highest BCUT2D eigenvalue weighted by molar-refractivity contribution is 5.74. The molecule has 20 heavy (non-hydrogen) atoms. The van der Waals surface area contributed by atoms with Crippen molar-refractivity contribution in [3.63, 3.8) is 0 Å². The maximum absolute atomic E-state index is 11.3. The molecular weight excluding hydrogens is 258 g/mol. The summed E-state index contributed by atoms with van der Waals surface area (Å²) >= 11 is 0. The lowest BCUT2D eigenvalue weighted by atomic mass is 10.1. The van der Waals surface area contributed by atoms with Gasteiger partial charge in [-0.05, 0) is 6.42 Å². The first-order chi connectivity index (χ1) is 9.57. The van der Waals surface area contributed by atoms with Crippen LogP contribution in [0.3, 0.4) is 0 Å². The molecule has 0 aliphatic rings. The quantitative estimate of drug-likeness (QED) is 0.401. The van der Waals surface area contributed by atoms with Crippen LogP contribution in [0.1, 0.15) is 71.1 Å². The molecule has 0 aliphatic heterocycles. The van der Waals surface area contributed by atoms with Gasteiger partial charge in [-0.3, -0.25) is 9.59 Å². The molecule has 5 heteroatoms. The van der Waals surface area contributed by atoms with Crippen molar-refractivity contribution in [2.45, 2.75) is 77.2 Å². The van der Waals surface area contributed by atoms with Gasteiger partial charge in [0.05, 0.1) is 0 Å². The van der Waals surface area contributed by atoms with Gasteiger partial charge in [0.2, 0.25) is 0 Å². The molecule has 0 bridgehead atoms. The Morgan fingerprint density at radius 3 is 2.00 bits per heavy atom. The van der Waals surface area contributed by atoms with Crippen molar-refractivity contribution >= 4 is 11.9 Å². The molecular formula is C15H29NO4. The van der Waals surface area contributed by atoms with Crippen LogP contribution in [0.15, 0.2) is 0 Å². The van der Waals surface area contributed by atoms with Gasteiger partial charge in [0.25, 0.3) is 0 Å². The molecule has 0 aromatic heterocycles.